The van der Waals surface area contributed by atoms with E-state index in [1.165, 1.54) is 19.2 Å². The number of ether oxygens (including phenoxy) is 6. The van der Waals surface area contributed by atoms with Gasteiger partial charge in [0.05, 0.1) is 7.11 Å². The van der Waals surface area contributed by atoms with E-state index in [1.807, 2.05) is 13.8 Å². The summed E-state index contributed by atoms with van der Waals surface area (Å²) in [6, 6.07) is 4.34. The predicted octanol–water partition coefficient (Wildman–Crippen LogP) is 5.24. The van der Waals surface area contributed by atoms with Gasteiger partial charge in [-0.2, -0.15) is 0 Å². The van der Waals surface area contributed by atoms with Gasteiger partial charge in [-0.15, -0.1) is 0 Å². The molecule has 0 saturated carbocycles. The fourth-order valence-corrected chi connectivity index (χ4v) is 3.30. The molecule has 0 aliphatic rings. The first kappa shape index (κ1) is 33.7. The Morgan fingerprint density at radius 3 is 1.85 bits per heavy atom. The first-order chi connectivity index (χ1) is 18.0. The molecule has 2 atom stereocenters. The Labute approximate surface area is 230 Å². The molecule has 11 heteroatoms. The van der Waals surface area contributed by atoms with Crippen molar-refractivity contribution in [3.8, 4) is 11.5 Å². The highest BCUT2D eigenvalue weighted by Gasteiger charge is 2.38. The van der Waals surface area contributed by atoms with Crippen LogP contribution in [0, 0.1) is 0 Å². The number of carbonyl (C=O) groups is 4. The van der Waals surface area contributed by atoms with Gasteiger partial charge in [-0.05, 0) is 65.2 Å². The van der Waals surface area contributed by atoms with Crippen LogP contribution in [0.1, 0.15) is 86.6 Å². The standard InChI is InChI=1S/C28H43NO10/c1-10-22(30)35-18(4)16-28(29,23(31)34-9)17-19-13-14-20(36-24(32)38-26(5,6)11-2)21(15-19)37-25(33)39-27(7,8)12-3/h13-15,18H,10-12,16-17,29H2,1-9H3/t18-,28?/m0/s1. The van der Waals surface area contributed by atoms with Crippen LogP contribution in [-0.2, 0) is 35.0 Å². The van der Waals surface area contributed by atoms with E-state index in [2.05, 4.69) is 0 Å². The third kappa shape index (κ3) is 11.1. The van der Waals surface area contributed by atoms with Crippen molar-refractivity contribution in [2.24, 2.45) is 5.73 Å². The third-order valence-electron chi connectivity index (χ3n) is 6.20. The van der Waals surface area contributed by atoms with Crippen LogP contribution in [-0.4, -0.2) is 54.2 Å². The molecule has 0 fully saturated rings. The maximum atomic E-state index is 12.7. The first-order valence-corrected chi connectivity index (χ1v) is 13.0. The zero-order valence-corrected chi connectivity index (χ0v) is 24.5. The molecule has 0 heterocycles. The van der Waals surface area contributed by atoms with E-state index >= 15 is 0 Å². The summed E-state index contributed by atoms with van der Waals surface area (Å²) in [7, 11) is 1.20. The number of rotatable bonds is 13. The number of nitrogens with two attached hydrogens (primary N) is 1. The van der Waals surface area contributed by atoms with Crippen LogP contribution in [0.15, 0.2) is 18.2 Å². The fraction of sp³-hybridized carbons (Fsp3) is 0.643. The molecule has 39 heavy (non-hydrogen) atoms. The molecule has 2 N–H and O–H groups in total. The van der Waals surface area contributed by atoms with Crippen LogP contribution in [0.5, 0.6) is 11.5 Å². The quantitative estimate of drug-likeness (QED) is 0.194. The summed E-state index contributed by atoms with van der Waals surface area (Å²) in [5, 5.41) is 0. The molecule has 0 spiro atoms. The Kier molecular flexibility index (Phi) is 12.2. The minimum Gasteiger partial charge on any atom is -0.468 e. The smallest absolute Gasteiger partial charge is 0.468 e. The molecule has 0 bridgehead atoms. The number of esters is 2. The molecule has 11 nitrogen and oxygen atoms in total. The van der Waals surface area contributed by atoms with Crippen molar-refractivity contribution in [3.63, 3.8) is 0 Å². The van der Waals surface area contributed by atoms with Crippen molar-refractivity contribution in [2.75, 3.05) is 7.11 Å². The molecule has 1 rings (SSSR count). The largest absolute Gasteiger partial charge is 0.514 e. The van der Waals surface area contributed by atoms with Crippen LogP contribution in [0.3, 0.4) is 0 Å². The van der Waals surface area contributed by atoms with Gasteiger partial charge in [-0.3, -0.25) is 9.59 Å². The Morgan fingerprint density at radius 1 is 0.872 bits per heavy atom. The molecule has 1 aromatic carbocycles. The van der Waals surface area contributed by atoms with Crippen molar-refractivity contribution in [1.29, 1.82) is 0 Å². The summed E-state index contributed by atoms with van der Waals surface area (Å²) < 4.78 is 31.7. The number of methoxy groups -OCH3 is 1. The zero-order valence-electron chi connectivity index (χ0n) is 24.5. The second kappa shape index (κ2) is 14.2. The number of benzene rings is 1. The van der Waals surface area contributed by atoms with Crippen LogP contribution in [0.25, 0.3) is 0 Å². The fourth-order valence-electron chi connectivity index (χ4n) is 3.30. The average molecular weight is 554 g/mol. The SMILES string of the molecule is CCC(=O)O[C@@H](C)CC(N)(Cc1ccc(OC(=O)OC(C)(C)CC)c(OC(=O)OC(C)(C)CC)c1)C(=O)OC. The molecule has 220 valence electrons. The van der Waals surface area contributed by atoms with Gasteiger partial charge in [0, 0.05) is 19.3 Å². The summed E-state index contributed by atoms with van der Waals surface area (Å²) in [6.45, 7) is 13.9. The maximum absolute atomic E-state index is 12.7. The maximum Gasteiger partial charge on any atom is 0.514 e. The monoisotopic (exact) mass is 553 g/mol. The molecule has 0 aromatic heterocycles. The number of hydrogen-bond acceptors (Lipinski definition) is 11. The summed E-state index contributed by atoms with van der Waals surface area (Å²) in [5.74, 6) is -1.40. The Balaban J connectivity index is 3.35. The predicted molar refractivity (Wildman–Crippen MR) is 143 cm³/mol. The van der Waals surface area contributed by atoms with Gasteiger partial charge in [0.1, 0.15) is 22.8 Å². The lowest BCUT2D eigenvalue weighted by Gasteiger charge is -2.29. The van der Waals surface area contributed by atoms with Crippen molar-refractivity contribution >= 4 is 24.2 Å². The van der Waals surface area contributed by atoms with E-state index in [-0.39, 0.29) is 30.8 Å². The van der Waals surface area contributed by atoms with Crippen LogP contribution >= 0.6 is 0 Å². The van der Waals surface area contributed by atoms with Crippen LogP contribution < -0.4 is 15.2 Å². The van der Waals surface area contributed by atoms with E-state index in [4.69, 9.17) is 34.2 Å². The summed E-state index contributed by atoms with van der Waals surface area (Å²) in [5.41, 5.74) is 3.74. The van der Waals surface area contributed by atoms with Gasteiger partial charge >= 0.3 is 24.2 Å². The molecule has 0 aliphatic carbocycles. The Bertz CT molecular complexity index is 1020. The Hall–Kier alpha value is -3.34. The molecular formula is C28H43NO10. The van der Waals surface area contributed by atoms with Gasteiger partial charge in [-0.25, -0.2) is 9.59 Å². The number of hydrogen-bond donors (Lipinski definition) is 1. The van der Waals surface area contributed by atoms with Crippen LogP contribution in [0.4, 0.5) is 9.59 Å². The zero-order chi connectivity index (χ0) is 30.0. The van der Waals surface area contributed by atoms with Gasteiger partial charge in [0.15, 0.2) is 11.5 Å². The van der Waals surface area contributed by atoms with Crippen LogP contribution in [0.2, 0.25) is 0 Å². The molecule has 0 aliphatic heterocycles. The highest BCUT2D eigenvalue weighted by molar-refractivity contribution is 5.81. The van der Waals surface area contributed by atoms with Gasteiger partial charge < -0.3 is 34.2 Å². The van der Waals surface area contributed by atoms with E-state index < -0.39 is 47.1 Å². The minimum atomic E-state index is -1.59. The summed E-state index contributed by atoms with van der Waals surface area (Å²) >= 11 is 0. The topological polar surface area (TPSA) is 150 Å². The van der Waals surface area contributed by atoms with Gasteiger partial charge in [0.25, 0.3) is 0 Å². The van der Waals surface area contributed by atoms with Crippen molar-refractivity contribution in [1.82, 2.24) is 0 Å². The van der Waals surface area contributed by atoms with E-state index in [1.54, 1.807) is 47.6 Å². The first-order valence-electron chi connectivity index (χ1n) is 13.0. The number of carbonyl (C=O) groups excluding carboxylic acids is 4. The summed E-state index contributed by atoms with van der Waals surface area (Å²) in [4.78, 5) is 49.4. The second-order valence-electron chi connectivity index (χ2n) is 10.6. The van der Waals surface area contributed by atoms with Gasteiger partial charge in [0.2, 0.25) is 0 Å². The average Bonchev–Trinajstić information content (AvgIpc) is 2.83. The lowest BCUT2D eigenvalue weighted by atomic mass is 9.86. The minimum absolute atomic E-state index is 0.0367. The molecular weight excluding hydrogens is 510 g/mol. The lowest BCUT2D eigenvalue weighted by molar-refractivity contribution is -0.154. The molecule has 1 aromatic rings. The second-order valence-corrected chi connectivity index (χ2v) is 10.6. The van der Waals surface area contributed by atoms with E-state index in [0.29, 0.717) is 18.4 Å². The van der Waals surface area contributed by atoms with Crippen molar-refractivity contribution in [2.45, 2.75) is 110 Å². The van der Waals surface area contributed by atoms with E-state index in [0.717, 1.165) is 0 Å². The third-order valence-corrected chi connectivity index (χ3v) is 6.20. The lowest BCUT2D eigenvalue weighted by Crippen LogP contribution is -2.53. The molecule has 0 amide bonds. The normalized spacial score (nSPS) is 13.9. The van der Waals surface area contributed by atoms with Crippen molar-refractivity contribution < 1.29 is 47.6 Å². The summed E-state index contributed by atoms with van der Waals surface area (Å²) in [6.07, 6.45) is -1.55. The Morgan fingerprint density at radius 2 is 1.38 bits per heavy atom. The molecule has 0 radical (unpaired) electrons. The molecule has 1 unspecified atom stereocenters. The van der Waals surface area contributed by atoms with E-state index in [9.17, 15) is 19.2 Å². The molecule has 0 saturated heterocycles. The van der Waals surface area contributed by atoms with Crippen molar-refractivity contribution in [3.05, 3.63) is 23.8 Å². The van der Waals surface area contributed by atoms with Gasteiger partial charge in [-0.1, -0.05) is 26.8 Å². The highest BCUT2D eigenvalue weighted by Crippen LogP contribution is 2.32. The highest BCUT2D eigenvalue weighted by atomic mass is 16.8.